The van der Waals surface area contributed by atoms with Crippen LogP contribution in [0.4, 0.5) is 4.39 Å². The van der Waals surface area contributed by atoms with E-state index in [0.29, 0.717) is 23.7 Å². The molecule has 1 saturated carbocycles. The maximum Gasteiger partial charge on any atom is 0.274 e. The van der Waals surface area contributed by atoms with Gasteiger partial charge in [0.1, 0.15) is 5.82 Å². The molecule has 1 amide bonds. The number of hydroxylamine groups is 1. The lowest BCUT2D eigenvalue weighted by Gasteiger charge is -2.38. The number of halogens is 1. The number of benzene rings is 1. The molecule has 2 atom stereocenters. The highest BCUT2D eigenvalue weighted by atomic mass is 19.1. The molecule has 1 aromatic rings. The van der Waals surface area contributed by atoms with E-state index in [0.717, 1.165) is 31.5 Å². The Balaban J connectivity index is 1.49. The molecule has 6 heteroatoms. The Morgan fingerprint density at radius 3 is 3.00 bits per heavy atom. The van der Waals surface area contributed by atoms with Gasteiger partial charge in [0.2, 0.25) is 0 Å². The van der Waals surface area contributed by atoms with E-state index in [1.807, 2.05) is 0 Å². The zero-order valence-corrected chi connectivity index (χ0v) is 14.5. The van der Waals surface area contributed by atoms with Gasteiger partial charge in [0.05, 0.1) is 0 Å². The predicted octanol–water partition coefficient (Wildman–Crippen LogP) is 2.37. The van der Waals surface area contributed by atoms with E-state index in [1.54, 1.807) is 11.5 Å². The number of carbonyl (C=O) groups excluding carboxylic acids is 1. The zero-order valence-electron chi connectivity index (χ0n) is 14.5. The molecule has 3 N–H and O–H groups in total. The maximum absolute atomic E-state index is 14.5. The Kier molecular flexibility index (Phi) is 4.52. The topological polar surface area (TPSA) is 64.6 Å². The van der Waals surface area contributed by atoms with Crippen molar-refractivity contribution >= 4 is 5.91 Å². The first kappa shape index (κ1) is 16.9. The molecule has 0 aromatic heterocycles. The van der Waals surface area contributed by atoms with E-state index in [4.69, 9.17) is 5.21 Å². The number of nitrogens with zero attached hydrogens (tertiary/aromatic N) is 1. The summed E-state index contributed by atoms with van der Waals surface area (Å²) in [7, 11) is 0. The summed E-state index contributed by atoms with van der Waals surface area (Å²) < 4.78 is 14.5. The van der Waals surface area contributed by atoms with E-state index < -0.39 is 5.91 Å². The summed E-state index contributed by atoms with van der Waals surface area (Å²) in [5, 5.41) is 12.5. The normalized spacial score (nSPS) is 29.6. The predicted molar refractivity (Wildman–Crippen MR) is 92.0 cm³/mol. The number of amides is 1. The van der Waals surface area contributed by atoms with Gasteiger partial charge in [-0.25, -0.2) is 9.87 Å². The van der Waals surface area contributed by atoms with Crippen molar-refractivity contribution in [2.75, 3.05) is 13.1 Å². The van der Waals surface area contributed by atoms with Crippen LogP contribution in [0.3, 0.4) is 0 Å². The molecule has 2 fully saturated rings. The van der Waals surface area contributed by atoms with Gasteiger partial charge >= 0.3 is 0 Å². The molecule has 136 valence electrons. The van der Waals surface area contributed by atoms with E-state index in [-0.39, 0.29) is 11.4 Å². The Bertz CT molecular complexity index is 673. The summed E-state index contributed by atoms with van der Waals surface area (Å²) in [6.07, 6.45) is 8.16. The van der Waals surface area contributed by atoms with E-state index in [2.05, 4.69) is 10.2 Å². The van der Waals surface area contributed by atoms with Gasteiger partial charge in [-0.1, -0.05) is 6.42 Å². The fraction of sp³-hybridized carbons (Fsp3) is 0.632. The van der Waals surface area contributed by atoms with Crippen LogP contribution in [0.25, 0.3) is 0 Å². The number of nitrogens with one attached hydrogen (secondary N) is 2. The summed E-state index contributed by atoms with van der Waals surface area (Å²) in [6, 6.07) is 3.45. The second-order valence-electron chi connectivity index (χ2n) is 7.82. The van der Waals surface area contributed by atoms with Crippen LogP contribution in [-0.4, -0.2) is 40.7 Å². The summed E-state index contributed by atoms with van der Waals surface area (Å²) in [4.78, 5) is 14.0. The van der Waals surface area contributed by atoms with Crippen molar-refractivity contribution in [2.45, 2.75) is 63.1 Å². The average molecular weight is 347 g/mol. The molecular weight excluding hydrogens is 321 g/mol. The van der Waals surface area contributed by atoms with Crippen LogP contribution in [0.5, 0.6) is 0 Å². The number of piperidine rings is 1. The van der Waals surface area contributed by atoms with Gasteiger partial charge in [0.25, 0.3) is 5.91 Å². The largest absolute Gasteiger partial charge is 0.311 e. The second kappa shape index (κ2) is 6.67. The summed E-state index contributed by atoms with van der Waals surface area (Å²) in [5.41, 5.74) is 3.66. The fourth-order valence-corrected chi connectivity index (χ4v) is 4.97. The lowest BCUT2D eigenvalue weighted by atomic mass is 9.87. The van der Waals surface area contributed by atoms with Crippen molar-refractivity contribution in [1.29, 1.82) is 0 Å². The van der Waals surface area contributed by atoms with Gasteiger partial charge in [-0.15, -0.1) is 0 Å². The number of carbonyl (C=O) groups is 1. The lowest BCUT2D eigenvalue weighted by Crippen LogP contribution is -2.48. The highest BCUT2D eigenvalue weighted by Crippen LogP contribution is 2.40. The Morgan fingerprint density at radius 1 is 1.36 bits per heavy atom. The van der Waals surface area contributed by atoms with Gasteiger partial charge in [-0.05, 0) is 62.8 Å². The molecule has 25 heavy (non-hydrogen) atoms. The molecule has 2 aliphatic heterocycles. The van der Waals surface area contributed by atoms with E-state index >= 15 is 0 Å². The molecule has 1 aromatic carbocycles. The highest BCUT2D eigenvalue weighted by Gasteiger charge is 2.42. The maximum atomic E-state index is 14.5. The first-order valence-electron chi connectivity index (χ1n) is 9.35. The lowest BCUT2D eigenvalue weighted by molar-refractivity contribution is 0.0705. The number of fused-ring (bicyclic) bond motifs is 1. The minimum atomic E-state index is -0.662. The Morgan fingerprint density at radius 2 is 2.24 bits per heavy atom. The standard InChI is InChI=1S/C19H26FN3O2/c20-17-10-14(18(24)22-25)9-13-4-8-23(12-16(13)17)15-3-6-19(11-15)5-1-2-7-21-19/h9-10,15,21,25H,1-8,11-12H2,(H,22,24). The summed E-state index contributed by atoms with van der Waals surface area (Å²) in [6.45, 7) is 2.64. The van der Waals surface area contributed by atoms with Gasteiger partial charge in [-0.2, -0.15) is 0 Å². The Labute approximate surface area is 147 Å². The summed E-state index contributed by atoms with van der Waals surface area (Å²) in [5.74, 6) is -1.01. The fourth-order valence-electron chi connectivity index (χ4n) is 4.97. The molecule has 2 unspecified atom stereocenters. The number of hydrogen-bond acceptors (Lipinski definition) is 4. The third kappa shape index (κ3) is 3.18. The number of rotatable bonds is 2. The Hall–Kier alpha value is -1.50. The van der Waals surface area contributed by atoms with E-state index in [1.165, 1.54) is 38.2 Å². The van der Waals surface area contributed by atoms with Crippen molar-refractivity contribution in [1.82, 2.24) is 15.7 Å². The van der Waals surface area contributed by atoms with Crippen LogP contribution in [-0.2, 0) is 13.0 Å². The third-order valence-electron chi connectivity index (χ3n) is 6.36. The van der Waals surface area contributed by atoms with Crippen LogP contribution in [0.2, 0.25) is 0 Å². The molecule has 3 aliphatic rings. The monoisotopic (exact) mass is 347 g/mol. The minimum Gasteiger partial charge on any atom is -0.311 e. The van der Waals surface area contributed by atoms with Crippen LogP contribution in [0.15, 0.2) is 12.1 Å². The SMILES string of the molecule is O=C(NO)c1cc(F)c2c(c1)CCN(C1CCC3(CCCCN3)C1)C2. The molecule has 5 nitrogen and oxygen atoms in total. The van der Waals surface area contributed by atoms with Crippen molar-refractivity contribution in [2.24, 2.45) is 0 Å². The smallest absolute Gasteiger partial charge is 0.274 e. The third-order valence-corrected chi connectivity index (χ3v) is 6.36. The van der Waals surface area contributed by atoms with Crippen molar-refractivity contribution in [3.8, 4) is 0 Å². The van der Waals surface area contributed by atoms with Crippen molar-refractivity contribution < 1.29 is 14.4 Å². The summed E-state index contributed by atoms with van der Waals surface area (Å²) >= 11 is 0. The van der Waals surface area contributed by atoms with Gasteiger partial charge in [0, 0.05) is 35.8 Å². The second-order valence-corrected chi connectivity index (χ2v) is 7.82. The van der Waals surface area contributed by atoms with Crippen LogP contribution in [0.1, 0.15) is 60.0 Å². The molecule has 2 heterocycles. The van der Waals surface area contributed by atoms with Gasteiger partial charge in [-0.3, -0.25) is 14.9 Å². The van der Waals surface area contributed by atoms with Crippen LogP contribution in [0, 0.1) is 5.82 Å². The van der Waals surface area contributed by atoms with E-state index in [9.17, 15) is 9.18 Å². The molecule has 1 spiro atoms. The molecule has 0 bridgehead atoms. The first-order valence-corrected chi connectivity index (χ1v) is 9.35. The highest BCUT2D eigenvalue weighted by molar-refractivity contribution is 5.93. The number of hydrogen-bond donors (Lipinski definition) is 3. The zero-order chi connectivity index (χ0) is 17.4. The van der Waals surface area contributed by atoms with Crippen LogP contribution < -0.4 is 10.8 Å². The molecule has 4 rings (SSSR count). The van der Waals surface area contributed by atoms with Gasteiger partial charge < -0.3 is 5.32 Å². The van der Waals surface area contributed by atoms with Crippen molar-refractivity contribution in [3.63, 3.8) is 0 Å². The quantitative estimate of drug-likeness (QED) is 0.568. The average Bonchev–Trinajstić information content (AvgIpc) is 3.04. The first-order chi connectivity index (χ1) is 12.1. The molecular formula is C19H26FN3O2. The minimum absolute atomic E-state index is 0.179. The molecule has 1 saturated heterocycles. The molecule has 1 aliphatic carbocycles. The van der Waals surface area contributed by atoms with Gasteiger partial charge in [0.15, 0.2) is 0 Å². The molecule has 0 radical (unpaired) electrons. The van der Waals surface area contributed by atoms with Crippen LogP contribution >= 0.6 is 0 Å². The van der Waals surface area contributed by atoms with Crippen molar-refractivity contribution in [3.05, 3.63) is 34.6 Å².